The molecule has 0 unspecified atom stereocenters. The maximum Gasteiger partial charge on any atom is 0.120 e. The van der Waals surface area contributed by atoms with Crippen molar-refractivity contribution in [2.45, 2.75) is 18.9 Å². The van der Waals surface area contributed by atoms with Gasteiger partial charge in [-0.1, -0.05) is 30.3 Å². The second-order valence-electron chi connectivity index (χ2n) is 4.37. The maximum absolute atomic E-state index is 10.0. The zero-order valence-electron chi connectivity index (χ0n) is 9.11. The quantitative estimate of drug-likeness (QED) is 0.763. The van der Waals surface area contributed by atoms with E-state index in [9.17, 15) is 5.11 Å². The molecule has 1 heterocycles. The van der Waals surface area contributed by atoms with Crippen molar-refractivity contribution in [3.63, 3.8) is 0 Å². The van der Waals surface area contributed by atoms with Crippen molar-refractivity contribution in [3.05, 3.63) is 42.0 Å². The Balaban J connectivity index is 2.23. The fourth-order valence-corrected chi connectivity index (χ4v) is 2.58. The van der Waals surface area contributed by atoms with E-state index in [2.05, 4.69) is 17.4 Å². The summed E-state index contributed by atoms with van der Waals surface area (Å²) < 4.78 is 0. The molecule has 1 aliphatic rings. The minimum Gasteiger partial charge on any atom is -0.508 e. The van der Waals surface area contributed by atoms with E-state index < -0.39 is 0 Å². The molecule has 1 saturated heterocycles. The molecular weight excluding hydrogens is 198 g/mol. The van der Waals surface area contributed by atoms with Crippen molar-refractivity contribution < 1.29 is 5.11 Å². The molecule has 0 radical (unpaired) electrons. The minimum absolute atomic E-state index is 0.311. The highest BCUT2D eigenvalue weighted by Crippen LogP contribution is 2.35. The van der Waals surface area contributed by atoms with Gasteiger partial charge in [-0.3, -0.25) is 0 Å². The lowest BCUT2D eigenvalue weighted by molar-refractivity contribution is 0.459. The maximum atomic E-state index is 10.0. The van der Waals surface area contributed by atoms with Crippen LogP contribution in [-0.2, 0) is 0 Å². The second kappa shape index (κ2) is 3.80. The Morgan fingerprint density at radius 3 is 2.81 bits per heavy atom. The molecule has 2 N–H and O–H groups in total. The lowest BCUT2D eigenvalue weighted by Crippen LogP contribution is -2.13. The van der Waals surface area contributed by atoms with E-state index in [1.54, 1.807) is 6.07 Å². The third kappa shape index (κ3) is 1.46. The van der Waals surface area contributed by atoms with Gasteiger partial charge in [-0.15, -0.1) is 0 Å². The first-order chi connectivity index (χ1) is 7.86. The van der Waals surface area contributed by atoms with Crippen molar-refractivity contribution in [1.29, 1.82) is 0 Å². The molecule has 0 saturated carbocycles. The second-order valence-corrected chi connectivity index (χ2v) is 4.37. The predicted molar refractivity (Wildman–Crippen MR) is 65.6 cm³/mol. The summed E-state index contributed by atoms with van der Waals surface area (Å²) in [6.45, 7) is 1.05. The van der Waals surface area contributed by atoms with Gasteiger partial charge in [0.1, 0.15) is 5.75 Å². The molecule has 2 heteroatoms. The molecule has 1 atom stereocenters. The molecule has 3 rings (SSSR count). The Morgan fingerprint density at radius 1 is 1.12 bits per heavy atom. The first-order valence-electron chi connectivity index (χ1n) is 5.80. The zero-order valence-corrected chi connectivity index (χ0v) is 9.11. The molecular formula is C14H15NO. The molecule has 0 aromatic heterocycles. The SMILES string of the molecule is Oc1ccc2ccccc2c1[C@@H]1CCCN1. The molecule has 1 fully saturated rings. The van der Waals surface area contributed by atoms with Gasteiger partial charge in [0.05, 0.1) is 0 Å². The Morgan fingerprint density at radius 2 is 2.00 bits per heavy atom. The van der Waals surface area contributed by atoms with Gasteiger partial charge in [0.15, 0.2) is 0 Å². The van der Waals surface area contributed by atoms with Crippen LogP contribution in [0.4, 0.5) is 0 Å². The average Bonchev–Trinajstić information content (AvgIpc) is 2.82. The number of benzene rings is 2. The number of phenols is 1. The molecule has 0 bridgehead atoms. The van der Waals surface area contributed by atoms with Crippen LogP contribution in [0.2, 0.25) is 0 Å². The highest BCUT2D eigenvalue weighted by Gasteiger charge is 2.21. The summed E-state index contributed by atoms with van der Waals surface area (Å²) in [4.78, 5) is 0. The van der Waals surface area contributed by atoms with Gasteiger partial charge in [-0.05, 0) is 36.2 Å². The van der Waals surface area contributed by atoms with Crippen LogP contribution < -0.4 is 5.32 Å². The fourth-order valence-electron chi connectivity index (χ4n) is 2.58. The molecule has 2 aromatic carbocycles. The summed E-state index contributed by atoms with van der Waals surface area (Å²) in [5.41, 5.74) is 1.07. The van der Waals surface area contributed by atoms with Crippen LogP contribution in [0.25, 0.3) is 10.8 Å². The van der Waals surface area contributed by atoms with Crippen LogP contribution in [0.1, 0.15) is 24.4 Å². The Kier molecular flexibility index (Phi) is 2.29. The van der Waals surface area contributed by atoms with E-state index in [0.29, 0.717) is 11.8 Å². The summed E-state index contributed by atoms with van der Waals surface area (Å²) in [6, 6.07) is 12.3. The number of aromatic hydroxyl groups is 1. The van der Waals surface area contributed by atoms with E-state index >= 15 is 0 Å². The summed E-state index contributed by atoms with van der Waals surface area (Å²) in [6.07, 6.45) is 2.30. The van der Waals surface area contributed by atoms with Gasteiger partial charge in [0, 0.05) is 11.6 Å². The normalized spacial score (nSPS) is 20.4. The highest BCUT2D eigenvalue weighted by atomic mass is 16.3. The minimum atomic E-state index is 0.311. The Bertz CT molecular complexity index is 515. The van der Waals surface area contributed by atoms with E-state index in [1.165, 1.54) is 17.2 Å². The van der Waals surface area contributed by atoms with Gasteiger partial charge < -0.3 is 10.4 Å². The van der Waals surface area contributed by atoms with Crippen molar-refractivity contribution in [1.82, 2.24) is 5.32 Å². The largest absolute Gasteiger partial charge is 0.508 e. The summed E-state index contributed by atoms with van der Waals surface area (Å²) in [7, 11) is 0. The van der Waals surface area contributed by atoms with E-state index in [-0.39, 0.29) is 0 Å². The van der Waals surface area contributed by atoms with Crippen LogP contribution in [0.5, 0.6) is 5.75 Å². The zero-order chi connectivity index (χ0) is 11.0. The van der Waals surface area contributed by atoms with Crippen LogP contribution in [-0.4, -0.2) is 11.7 Å². The first kappa shape index (κ1) is 9.67. The van der Waals surface area contributed by atoms with Crippen molar-refractivity contribution in [3.8, 4) is 5.75 Å². The Labute approximate surface area is 94.9 Å². The topological polar surface area (TPSA) is 32.3 Å². The van der Waals surface area contributed by atoms with E-state index in [1.807, 2.05) is 18.2 Å². The molecule has 2 nitrogen and oxygen atoms in total. The van der Waals surface area contributed by atoms with Gasteiger partial charge in [-0.25, -0.2) is 0 Å². The van der Waals surface area contributed by atoms with E-state index in [4.69, 9.17) is 0 Å². The third-order valence-corrected chi connectivity index (χ3v) is 3.36. The van der Waals surface area contributed by atoms with Crippen molar-refractivity contribution in [2.75, 3.05) is 6.54 Å². The third-order valence-electron chi connectivity index (χ3n) is 3.36. The van der Waals surface area contributed by atoms with Crippen molar-refractivity contribution in [2.24, 2.45) is 0 Å². The van der Waals surface area contributed by atoms with Crippen LogP contribution in [0.3, 0.4) is 0 Å². The van der Waals surface area contributed by atoms with Gasteiger partial charge in [0.2, 0.25) is 0 Å². The number of hydrogen-bond donors (Lipinski definition) is 2. The number of rotatable bonds is 1. The summed E-state index contributed by atoms with van der Waals surface area (Å²) in [5, 5.41) is 15.8. The lowest BCUT2D eigenvalue weighted by Gasteiger charge is -2.15. The van der Waals surface area contributed by atoms with Gasteiger partial charge in [0.25, 0.3) is 0 Å². The fraction of sp³-hybridized carbons (Fsp3) is 0.286. The van der Waals surface area contributed by atoms with Gasteiger partial charge >= 0.3 is 0 Å². The monoisotopic (exact) mass is 213 g/mol. The lowest BCUT2D eigenvalue weighted by atomic mass is 9.97. The molecule has 82 valence electrons. The first-order valence-corrected chi connectivity index (χ1v) is 5.80. The molecule has 16 heavy (non-hydrogen) atoms. The number of phenolic OH excluding ortho intramolecular Hbond substituents is 1. The van der Waals surface area contributed by atoms with Crippen LogP contribution in [0.15, 0.2) is 36.4 Å². The smallest absolute Gasteiger partial charge is 0.120 e. The predicted octanol–water partition coefficient (Wildman–Crippen LogP) is 2.97. The molecule has 0 aliphatic carbocycles. The summed E-state index contributed by atoms with van der Waals surface area (Å²) >= 11 is 0. The van der Waals surface area contributed by atoms with E-state index in [0.717, 1.165) is 18.5 Å². The molecule has 2 aromatic rings. The Hall–Kier alpha value is -1.54. The highest BCUT2D eigenvalue weighted by molar-refractivity contribution is 5.88. The average molecular weight is 213 g/mol. The van der Waals surface area contributed by atoms with Crippen LogP contribution in [0, 0.1) is 0 Å². The number of nitrogens with one attached hydrogen (secondary N) is 1. The summed E-state index contributed by atoms with van der Waals surface area (Å²) in [5.74, 6) is 0.415. The number of fused-ring (bicyclic) bond motifs is 1. The number of hydrogen-bond acceptors (Lipinski definition) is 2. The van der Waals surface area contributed by atoms with Gasteiger partial charge in [-0.2, -0.15) is 0 Å². The molecule has 0 amide bonds. The molecule has 1 aliphatic heterocycles. The molecule has 0 spiro atoms. The standard InChI is InChI=1S/C14H15NO/c16-13-8-7-10-4-1-2-5-11(10)14(13)12-6-3-9-15-12/h1-2,4-5,7-8,12,15-16H,3,6,9H2/t12-/m0/s1. The van der Waals surface area contributed by atoms with Crippen LogP contribution >= 0.6 is 0 Å². The van der Waals surface area contributed by atoms with Crippen molar-refractivity contribution >= 4 is 10.8 Å².